The maximum absolute atomic E-state index is 12.0. The van der Waals surface area contributed by atoms with Crippen molar-refractivity contribution in [1.82, 2.24) is 10.2 Å². The van der Waals surface area contributed by atoms with E-state index in [9.17, 15) is 9.59 Å². The number of nitrogens with two attached hydrogens (primary N) is 1. The Labute approximate surface area is 114 Å². The lowest BCUT2D eigenvalue weighted by Crippen LogP contribution is -2.62. The van der Waals surface area contributed by atoms with Crippen LogP contribution in [0.2, 0.25) is 0 Å². The molecule has 2 fully saturated rings. The fourth-order valence-corrected chi connectivity index (χ4v) is 3.53. The van der Waals surface area contributed by atoms with Gasteiger partial charge < -0.3 is 5.73 Å². The van der Waals surface area contributed by atoms with Gasteiger partial charge in [0.2, 0.25) is 11.8 Å². The van der Waals surface area contributed by atoms with E-state index in [1.54, 1.807) is 0 Å². The number of imide groups is 1. The van der Waals surface area contributed by atoms with Crippen molar-refractivity contribution in [1.29, 1.82) is 0 Å². The fraction of sp³-hybridized carbons (Fsp3) is 0.857. The van der Waals surface area contributed by atoms with Crippen molar-refractivity contribution >= 4 is 11.8 Å². The fourth-order valence-electron chi connectivity index (χ4n) is 3.53. The molecule has 2 aliphatic rings. The molecule has 0 aromatic rings. The number of amides is 2. The molecule has 1 saturated carbocycles. The lowest BCUT2D eigenvalue weighted by atomic mass is 9.91. The Morgan fingerprint density at radius 3 is 2.68 bits per heavy atom. The Morgan fingerprint density at radius 2 is 2.00 bits per heavy atom. The van der Waals surface area contributed by atoms with Gasteiger partial charge in [-0.15, -0.1) is 0 Å². The zero-order valence-electron chi connectivity index (χ0n) is 11.7. The molecule has 2 rings (SSSR count). The van der Waals surface area contributed by atoms with Gasteiger partial charge >= 0.3 is 0 Å². The van der Waals surface area contributed by atoms with E-state index in [-0.39, 0.29) is 23.9 Å². The predicted octanol–water partition coefficient (Wildman–Crippen LogP) is 0.631. The third-order valence-electron chi connectivity index (χ3n) is 4.53. The second-order valence-electron chi connectivity index (χ2n) is 5.71. The highest BCUT2D eigenvalue weighted by Crippen LogP contribution is 2.29. The second-order valence-corrected chi connectivity index (χ2v) is 5.71. The third kappa shape index (κ3) is 3.15. The van der Waals surface area contributed by atoms with E-state index >= 15 is 0 Å². The van der Waals surface area contributed by atoms with Crippen molar-refractivity contribution in [3.05, 3.63) is 0 Å². The molecule has 1 aliphatic carbocycles. The molecule has 5 nitrogen and oxygen atoms in total. The SMILES string of the molecule is CCC1C(=O)NC(=O)CN1C1CCCCCC1CN. The Bertz CT molecular complexity index is 346. The average molecular weight is 267 g/mol. The van der Waals surface area contributed by atoms with E-state index in [1.165, 1.54) is 19.3 Å². The summed E-state index contributed by atoms with van der Waals surface area (Å²) in [5, 5.41) is 2.45. The van der Waals surface area contributed by atoms with Crippen LogP contribution in [-0.2, 0) is 9.59 Å². The Hall–Kier alpha value is -0.940. The minimum atomic E-state index is -0.172. The molecule has 5 heteroatoms. The average Bonchev–Trinajstić information content (AvgIpc) is 2.62. The standard InChI is InChI=1S/C14H25N3O2/c1-2-11-14(19)16-13(18)9-17(11)12-7-5-3-4-6-10(12)8-15/h10-12H,2-9,15H2,1H3,(H,16,18,19). The van der Waals surface area contributed by atoms with E-state index in [0.717, 1.165) is 19.3 Å². The molecule has 3 atom stereocenters. The number of nitrogens with zero attached hydrogens (tertiary/aromatic N) is 1. The number of piperazine rings is 1. The molecule has 3 unspecified atom stereocenters. The summed E-state index contributed by atoms with van der Waals surface area (Å²) in [7, 11) is 0. The molecule has 108 valence electrons. The van der Waals surface area contributed by atoms with Crippen LogP contribution in [-0.4, -0.2) is 41.9 Å². The summed E-state index contributed by atoms with van der Waals surface area (Å²) in [5.41, 5.74) is 5.91. The molecule has 19 heavy (non-hydrogen) atoms. The van der Waals surface area contributed by atoms with Crippen molar-refractivity contribution in [3.63, 3.8) is 0 Å². The first-order valence-corrected chi connectivity index (χ1v) is 7.46. The maximum Gasteiger partial charge on any atom is 0.243 e. The molecule has 0 spiro atoms. The second kappa shape index (κ2) is 6.48. The van der Waals surface area contributed by atoms with Gasteiger partial charge in [-0.2, -0.15) is 0 Å². The lowest BCUT2D eigenvalue weighted by molar-refractivity contribution is -0.142. The van der Waals surface area contributed by atoms with Crippen LogP contribution in [0.15, 0.2) is 0 Å². The molecule has 0 bridgehead atoms. The molecule has 0 radical (unpaired) electrons. The van der Waals surface area contributed by atoms with E-state index in [1.807, 2.05) is 6.92 Å². The van der Waals surface area contributed by atoms with Crippen LogP contribution >= 0.6 is 0 Å². The van der Waals surface area contributed by atoms with Crippen LogP contribution in [0, 0.1) is 5.92 Å². The molecular formula is C14H25N3O2. The van der Waals surface area contributed by atoms with Crippen LogP contribution < -0.4 is 11.1 Å². The third-order valence-corrected chi connectivity index (χ3v) is 4.53. The molecular weight excluding hydrogens is 242 g/mol. The van der Waals surface area contributed by atoms with Gasteiger partial charge in [-0.25, -0.2) is 0 Å². The normalized spacial score (nSPS) is 33.9. The van der Waals surface area contributed by atoms with Gasteiger partial charge in [0.05, 0.1) is 12.6 Å². The highest BCUT2D eigenvalue weighted by Gasteiger charge is 2.39. The van der Waals surface area contributed by atoms with Gasteiger partial charge in [0.15, 0.2) is 0 Å². The Kier molecular flexibility index (Phi) is 4.93. The summed E-state index contributed by atoms with van der Waals surface area (Å²) in [4.78, 5) is 25.7. The van der Waals surface area contributed by atoms with Crippen molar-refractivity contribution in [2.75, 3.05) is 13.1 Å². The number of hydrogen-bond donors (Lipinski definition) is 2. The summed E-state index contributed by atoms with van der Waals surface area (Å²) in [6.07, 6.45) is 6.53. The maximum atomic E-state index is 12.0. The van der Waals surface area contributed by atoms with Gasteiger partial charge in [0.25, 0.3) is 0 Å². The molecule has 1 heterocycles. The predicted molar refractivity (Wildman–Crippen MR) is 73.4 cm³/mol. The van der Waals surface area contributed by atoms with Gasteiger partial charge in [0.1, 0.15) is 0 Å². The van der Waals surface area contributed by atoms with E-state index in [0.29, 0.717) is 19.0 Å². The minimum absolute atomic E-state index is 0.140. The molecule has 0 aromatic heterocycles. The van der Waals surface area contributed by atoms with E-state index in [2.05, 4.69) is 10.2 Å². The molecule has 3 N–H and O–H groups in total. The van der Waals surface area contributed by atoms with E-state index in [4.69, 9.17) is 5.73 Å². The van der Waals surface area contributed by atoms with Crippen LogP contribution in [0.4, 0.5) is 0 Å². The largest absolute Gasteiger partial charge is 0.330 e. The van der Waals surface area contributed by atoms with Gasteiger partial charge in [-0.1, -0.05) is 26.2 Å². The summed E-state index contributed by atoms with van der Waals surface area (Å²) in [6.45, 7) is 2.99. The topological polar surface area (TPSA) is 75.4 Å². The Balaban J connectivity index is 2.19. The first-order chi connectivity index (χ1) is 9.17. The van der Waals surface area contributed by atoms with E-state index < -0.39 is 0 Å². The summed E-state index contributed by atoms with van der Waals surface area (Å²) in [5.74, 6) is 0.101. The zero-order valence-corrected chi connectivity index (χ0v) is 11.7. The highest BCUT2D eigenvalue weighted by atomic mass is 16.2. The smallest absolute Gasteiger partial charge is 0.243 e. The summed E-state index contributed by atoms with van der Waals surface area (Å²) >= 11 is 0. The first kappa shape index (κ1) is 14.5. The minimum Gasteiger partial charge on any atom is -0.330 e. The number of rotatable bonds is 3. The van der Waals surface area contributed by atoms with Gasteiger partial charge in [0, 0.05) is 6.04 Å². The number of carbonyl (C=O) groups excluding carboxylic acids is 2. The number of hydrogen-bond acceptors (Lipinski definition) is 4. The van der Waals surface area contributed by atoms with Crippen LogP contribution in [0.5, 0.6) is 0 Å². The van der Waals surface area contributed by atoms with Crippen LogP contribution in [0.3, 0.4) is 0 Å². The summed E-state index contributed by atoms with van der Waals surface area (Å²) in [6, 6.07) is 0.113. The molecule has 1 saturated heterocycles. The van der Waals surface area contributed by atoms with Crippen molar-refractivity contribution < 1.29 is 9.59 Å². The molecule has 0 aromatic carbocycles. The summed E-state index contributed by atoms with van der Waals surface area (Å²) < 4.78 is 0. The first-order valence-electron chi connectivity index (χ1n) is 7.46. The molecule has 2 amide bonds. The Morgan fingerprint density at radius 1 is 1.26 bits per heavy atom. The monoisotopic (exact) mass is 267 g/mol. The highest BCUT2D eigenvalue weighted by molar-refractivity contribution is 6.01. The number of nitrogens with one attached hydrogen (secondary N) is 1. The van der Waals surface area contributed by atoms with Gasteiger partial charge in [-0.05, 0) is 31.7 Å². The van der Waals surface area contributed by atoms with Gasteiger partial charge in [-0.3, -0.25) is 19.8 Å². The number of carbonyl (C=O) groups is 2. The van der Waals surface area contributed by atoms with Crippen LogP contribution in [0.25, 0.3) is 0 Å². The lowest BCUT2D eigenvalue weighted by Gasteiger charge is -2.42. The molecule has 1 aliphatic heterocycles. The van der Waals surface area contributed by atoms with Crippen molar-refractivity contribution in [2.24, 2.45) is 11.7 Å². The van der Waals surface area contributed by atoms with Crippen molar-refractivity contribution in [3.8, 4) is 0 Å². The quantitative estimate of drug-likeness (QED) is 0.581. The van der Waals surface area contributed by atoms with Crippen molar-refractivity contribution in [2.45, 2.75) is 57.5 Å². The zero-order chi connectivity index (χ0) is 13.8. The van der Waals surface area contributed by atoms with Crippen LogP contribution in [0.1, 0.15) is 45.4 Å².